The van der Waals surface area contributed by atoms with E-state index in [1.807, 2.05) is 19.1 Å². The van der Waals surface area contributed by atoms with Gasteiger partial charge in [0.2, 0.25) is 0 Å². The number of aryl methyl sites for hydroxylation is 1. The van der Waals surface area contributed by atoms with Crippen molar-refractivity contribution in [1.82, 2.24) is 0 Å². The van der Waals surface area contributed by atoms with Gasteiger partial charge in [0.15, 0.2) is 0 Å². The Morgan fingerprint density at radius 1 is 1.47 bits per heavy atom. The van der Waals surface area contributed by atoms with E-state index >= 15 is 0 Å². The van der Waals surface area contributed by atoms with E-state index in [-0.39, 0.29) is 5.41 Å². The molecule has 0 aromatic heterocycles. The van der Waals surface area contributed by atoms with Crippen LogP contribution in [0.3, 0.4) is 0 Å². The van der Waals surface area contributed by atoms with Crippen LogP contribution in [0, 0.1) is 12.3 Å². The van der Waals surface area contributed by atoms with Gasteiger partial charge in [-0.3, -0.25) is 0 Å². The van der Waals surface area contributed by atoms with Crippen LogP contribution < -0.4 is 10.5 Å². The Labute approximate surface area is 107 Å². The molecule has 2 rings (SSSR count). The topological polar surface area (TPSA) is 44.5 Å². The second-order valence-corrected chi connectivity index (χ2v) is 5.23. The van der Waals surface area contributed by atoms with Gasteiger partial charge in [-0.25, -0.2) is 0 Å². The van der Waals surface area contributed by atoms with E-state index < -0.39 is 0 Å². The molecule has 94 valence electrons. The zero-order valence-corrected chi connectivity index (χ0v) is 11.0. The van der Waals surface area contributed by atoms with Crippen LogP contribution in [0.1, 0.15) is 11.1 Å². The maximum atomic E-state index is 6.09. The number of hydrogen-bond acceptors (Lipinski definition) is 3. The van der Waals surface area contributed by atoms with Gasteiger partial charge in [0.05, 0.1) is 20.3 Å². The van der Waals surface area contributed by atoms with Gasteiger partial charge in [-0.1, -0.05) is 11.6 Å². The molecule has 0 aliphatic carbocycles. The fourth-order valence-electron chi connectivity index (χ4n) is 2.31. The third kappa shape index (κ3) is 2.41. The second-order valence-electron chi connectivity index (χ2n) is 4.79. The van der Waals surface area contributed by atoms with E-state index in [0.717, 1.165) is 41.5 Å². The summed E-state index contributed by atoms with van der Waals surface area (Å²) in [6, 6.07) is 3.87. The summed E-state index contributed by atoms with van der Waals surface area (Å²) in [7, 11) is 1.69. The van der Waals surface area contributed by atoms with Crippen molar-refractivity contribution in [3.05, 3.63) is 28.3 Å². The number of ether oxygens (including phenoxy) is 2. The summed E-state index contributed by atoms with van der Waals surface area (Å²) < 4.78 is 10.7. The van der Waals surface area contributed by atoms with E-state index in [2.05, 4.69) is 0 Å². The van der Waals surface area contributed by atoms with Crippen molar-refractivity contribution in [2.24, 2.45) is 11.1 Å². The quantitative estimate of drug-likeness (QED) is 0.897. The Morgan fingerprint density at radius 3 is 2.65 bits per heavy atom. The SMILES string of the molecule is COc1c(C)cc(Cl)cc1CC1(CN)COC1. The molecule has 1 fully saturated rings. The summed E-state index contributed by atoms with van der Waals surface area (Å²) >= 11 is 6.09. The van der Waals surface area contributed by atoms with Gasteiger partial charge < -0.3 is 15.2 Å². The molecule has 0 bridgehead atoms. The van der Waals surface area contributed by atoms with Gasteiger partial charge >= 0.3 is 0 Å². The van der Waals surface area contributed by atoms with Gasteiger partial charge in [0, 0.05) is 17.0 Å². The van der Waals surface area contributed by atoms with Crippen LogP contribution in [0.25, 0.3) is 0 Å². The van der Waals surface area contributed by atoms with Gasteiger partial charge in [0.25, 0.3) is 0 Å². The molecular weight excluding hydrogens is 238 g/mol. The predicted octanol–water partition coefficient (Wildman–Crippen LogP) is 2.17. The van der Waals surface area contributed by atoms with Gasteiger partial charge in [0.1, 0.15) is 5.75 Å². The molecule has 17 heavy (non-hydrogen) atoms. The van der Waals surface area contributed by atoms with Gasteiger partial charge in [-0.15, -0.1) is 0 Å². The highest BCUT2D eigenvalue weighted by molar-refractivity contribution is 6.30. The Hall–Kier alpha value is -0.770. The lowest BCUT2D eigenvalue weighted by Gasteiger charge is -2.41. The average molecular weight is 256 g/mol. The molecule has 1 saturated heterocycles. The molecule has 2 N–H and O–H groups in total. The standard InChI is InChI=1S/C13H18ClNO2/c1-9-3-11(14)4-10(12(9)16-2)5-13(6-15)7-17-8-13/h3-4H,5-8,15H2,1-2H3. The summed E-state index contributed by atoms with van der Waals surface area (Å²) in [5, 5.41) is 0.741. The lowest BCUT2D eigenvalue weighted by atomic mass is 9.79. The molecular formula is C13H18ClNO2. The summed E-state index contributed by atoms with van der Waals surface area (Å²) in [6.07, 6.45) is 0.855. The van der Waals surface area contributed by atoms with Crippen molar-refractivity contribution in [1.29, 1.82) is 0 Å². The lowest BCUT2D eigenvalue weighted by Crippen LogP contribution is -2.49. The number of methoxy groups -OCH3 is 1. The number of halogens is 1. The highest BCUT2D eigenvalue weighted by Crippen LogP contribution is 2.36. The fraction of sp³-hybridized carbons (Fsp3) is 0.538. The molecule has 1 aliphatic heterocycles. The van der Waals surface area contributed by atoms with E-state index in [1.54, 1.807) is 7.11 Å². The summed E-state index contributed by atoms with van der Waals surface area (Å²) in [6.45, 7) is 4.07. The van der Waals surface area contributed by atoms with Crippen LogP contribution in [0.15, 0.2) is 12.1 Å². The maximum absolute atomic E-state index is 6.09. The lowest BCUT2D eigenvalue weighted by molar-refractivity contribution is -0.106. The second kappa shape index (κ2) is 4.84. The molecule has 1 aromatic carbocycles. The molecule has 1 heterocycles. The molecule has 0 amide bonds. The van der Waals surface area contributed by atoms with E-state index in [9.17, 15) is 0 Å². The van der Waals surface area contributed by atoms with Crippen LogP contribution in [0.4, 0.5) is 0 Å². The zero-order valence-electron chi connectivity index (χ0n) is 10.3. The van der Waals surface area contributed by atoms with Crippen LogP contribution >= 0.6 is 11.6 Å². The first-order chi connectivity index (χ1) is 8.10. The Kier molecular flexibility index (Phi) is 3.61. The first-order valence-corrected chi connectivity index (χ1v) is 6.09. The summed E-state index contributed by atoms with van der Waals surface area (Å²) in [4.78, 5) is 0. The number of nitrogens with two attached hydrogens (primary N) is 1. The molecule has 0 atom stereocenters. The van der Waals surface area contributed by atoms with Crippen LogP contribution in [-0.4, -0.2) is 26.9 Å². The van der Waals surface area contributed by atoms with Crippen LogP contribution in [0.2, 0.25) is 5.02 Å². The van der Waals surface area contributed by atoms with Crippen molar-refractivity contribution >= 4 is 11.6 Å². The highest BCUT2D eigenvalue weighted by Gasteiger charge is 2.38. The maximum Gasteiger partial charge on any atom is 0.125 e. The average Bonchev–Trinajstić information content (AvgIpc) is 2.23. The monoisotopic (exact) mass is 255 g/mol. The van der Waals surface area contributed by atoms with Crippen molar-refractivity contribution < 1.29 is 9.47 Å². The van der Waals surface area contributed by atoms with Gasteiger partial charge in [-0.2, -0.15) is 0 Å². The normalized spacial score (nSPS) is 17.6. The Morgan fingerprint density at radius 2 is 2.18 bits per heavy atom. The van der Waals surface area contributed by atoms with E-state index in [1.165, 1.54) is 0 Å². The van der Waals surface area contributed by atoms with Crippen molar-refractivity contribution in [3.63, 3.8) is 0 Å². The minimum absolute atomic E-state index is 0.0599. The fourth-order valence-corrected chi connectivity index (χ4v) is 2.60. The van der Waals surface area contributed by atoms with Crippen LogP contribution in [0.5, 0.6) is 5.75 Å². The first kappa shape index (κ1) is 12.7. The molecule has 3 nitrogen and oxygen atoms in total. The molecule has 0 unspecified atom stereocenters. The molecule has 0 radical (unpaired) electrons. The third-order valence-electron chi connectivity index (χ3n) is 3.34. The van der Waals surface area contributed by atoms with Crippen molar-refractivity contribution in [2.45, 2.75) is 13.3 Å². The molecule has 0 spiro atoms. The molecule has 4 heteroatoms. The Bertz CT molecular complexity index is 411. The smallest absolute Gasteiger partial charge is 0.125 e. The molecule has 1 aliphatic rings. The third-order valence-corrected chi connectivity index (χ3v) is 3.55. The van der Waals surface area contributed by atoms with Gasteiger partial charge in [-0.05, 0) is 36.6 Å². The summed E-state index contributed by atoms with van der Waals surface area (Å²) in [5.74, 6) is 0.911. The highest BCUT2D eigenvalue weighted by atomic mass is 35.5. The van der Waals surface area contributed by atoms with Crippen molar-refractivity contribution in [3.8, 4) is 5.75 Å². The first-order valence-electron chi connectivity index (χ1n) is 5.71. The van der Waals surface area contributed by atoms with Crippen LogP contribution in [-0.2, 0) is 11.2 Å². The van der Waals surface area contributed by atoms with Crippen molar-refractivity contribution in [2.75, 3.05) is 26.9 Å². The minimum Gasteiger partial charge on any atom is -0.496 e. The van der Waals surface area contributed by atoms with E-state index in [0.29, 0.717) is 6.54 Å². The number of rotatable bonds is 4. The largest absolute Gasteiger partial charge is 0.496 e. The molecule has 0 saturated carbocycles. The molecule has 1 aromatic rings. The summed E-state index contributed by atoms with van der Waals surface area (Å²) in [5.41, 5.74) is 8.07. The zero-order chi connectivity index (χ0) is 12.5. The Balaban J connectivity index is 2.31. The minimum atomic E-state index is 0.0599. The number of hydrogen-bond donors (Lipinski definition) is 1. The van der Waals surface area contributed by atoms with E-state index in [4.69, 9.17) is 26.8 Å². The number of benzene rings is 1. The predicted molar refractivity (Wildman–Crippen MR) is 68.8 cm³/mol.